The van der Waals surface area contributed by atoms with Crippen molar-refractivity contribution in [1.29, 1.82) is 10.8 Å². The van der Waals surface area contributed by atoms with Crippen molar-refractivity contribution in [2.45, 2.75) is 57.4 Å². The minimum Gasteiger partial charge on any atom is -0.309 e. The van der Waals surface area contributed by atoms with E-state index in [0.717, 1.165) is 55.8 Å². The summed E-state index contributed by atoms with van der Waals surface area (Å²) in [5.41, 5.74) is 1.84. The number of rotatable bonds is 2. The molecule has 24 heavy (non-hydrogen) atoms. The number of hydrogen-bond acceptors (Lipinski definition) is 3. The Morgan fingerprint density at radius 1 is 0.917 bits per heavy atom. The lowest BCUT2D eigenvalue weighted by molar-refractivity contribution is 0.371. The molecule has 0 saturated heterocycles. The van der Waals surface area contributed by atoms with Crippen molar-refractivity contribution in [2.75, 3.05) is 4.90 Å². The predicted molar refractivity (Wildman–Crippen MR) is 99.5 cm³/mol. The largest absolute Gasteiger partial charge is 0.309 e. The van der Waals surface area contributed by atoms with Gasteiger partial charge in [-0.3, -0.25) is 15.3 Å². The lowest BCUT2D eigenvalue weighted by atomic mass is 9.79. The lowest BCUT2D eigenvalue weighted by Gasteiger charge is -2.43. The van der Waals surface area contributed by atoms with Crippen LogP contribution >= 0.6 is 0 Å². The molecule has 0 amide bonds. The minimum absolute atomic E-state index is 0.0992. The molecule has 126 valence electrons. The maximum atomic E-state index is 8.90. The van der Waals surface area contributed by atoms with E-state index in [1.807, 2.05) is 18.2 Å². The second-order valence-corrected chi connectivity index (χ2v) is 7.33. The third kappa shape index (κ3) is 2.68. The Morgan fingerprint density at radius 3 is 2.46 bits per heavy atom. The maximum Gasteiger partial charge on any atom is 0.118 e. The molecule has 1 heterocycles. The van der Waals surface area contributed by atoms with Crippen LogP contribution in [0.3, 0.4) is 0 Å². The molecule has 1 aliphatic heterocycles. The van der Waals surface area contributed by atoms with Gasteiger partial charge in [0.05, 0.1) is 12.0 Å². The van der Waals surface area contributed by atoms with E-state index in [2.05, 4.69) is 17.0 Å². The van der Waals surface area contributed by atoms with Crippen LogP contribution in [-0.4, -0.2) is 23.4 Å². The van der Waals surface area contributed by atoms with Crippen LogP contribution in [0.5, 0.6) is 0 Å². The van der Waals surface area contributed by atoms with Crippen LogP contribution < -0.4 is 4.90 Å². The van der Waals surface area contributed by atoms with Crippen LogP contribution in [-0.2, 0) is 0 Å². The lowest BCUT2D eigenvalue weighted by Crippen LogP contribution is -2.53. The number of nitrogens with one attached hydrogen (secondary N) is 2. The monoisotopic (exact) mass is 322 g/mol. The number of benzene rings is 1. The number of fused-ring (bicyclic) bond motifs is 1. The van der Waals surface area contributed by atoms with Crippen molar-refractivity contribution in [3.8, 4) is 0 Å². The molecule has 4 nitrogen and oxygen atoms in total. The maximum absolute atomic E-state index is 8.90. The number of aliphatic imine (C=N–C) groups is 1. The Bertz CT molecular complexity index is 663. The highest BCUT2D eigenvalue weighted by molar-refractivity contribution is 6.25. The Balaban J connectivity index is 1.77. The molecular weight excluding hydrogens is 296 g/mol. The summed E-state index contributed by atoms with van der Waals surface area (Å²) in [4.78, 5) is 7.21. The van der Waals surface area contributed by atoms with Crippen molar-refractivity contribution in [1.82, 2.24) is 0 Å². The number of para-hydroxylation sites is 1. The molecule has 2 fully saturated rings. The molecule has 3 unspecified atom stereocenters. The van der Waals surface area contributed by atoms with E-state index in [4.69, 9.17) is 15.8 Å². The van der Waals surface area contributed by atoms with Gasteiger partial charge in [-0.1, -0.05) is 37.5 Å². The van der Waals surface area contributed by atoms with Crippen LogP contribution in [0.4, 0.5) is 5.69 Å². The van der Waals surface area contributed by atoms with Crippen LogP contribution in [0.1, 0.15) is 51.4 Å². The average molecular weight is 322 g/mol. The molecule has 2 N–H and O–H groups in total. The molecule has 1 aromatic rings. The molecule has 4 heteroatoms. The van der Waals surface area contributed by atoms with Gasteiger partial charge in [-0.15, -0.1) is 0 Å². The van der Waals surface area contributed by atoms with Gasteiger partial charge in [0, 0.05) is 17.3 Å². The van der Waals surface area contributed by atoms with Gasteiger partial charge in [0.1, 0.15) is 11.7 Å². The summed E-state index contributed by atoms with van der Waals surface area (Å²) >= 11 is 0. The quantitative estimate of drug-likeness (QED) is 0.818. The molecule has 0 aromatic heterocycles. The van der Waals surface area contributed by atoms with E-state index in [1.165, 1.54) is 12.8 Å². The first-order valence-electron chi connectivity index (χ1n) is 9.34. The Labute approximate surface area is 144 Å². The van der Waals surface area contributed by atoms with Crippen molar-refractivity contribution >= 4 is 23.1 Å². The van der Waals surface area contributed by atoms with Crippen LogP contribution in [0.25, 0.3) is 0 Å². The molecule has 0 bridgehead atoms. The van der Waals surface area contributed by atoms with Crippen molar-refractivity contribution < 1.29 is 0 Å². The van der Waals surface area contributed by atoms with Crippen molar-refractivity contribution in [3.63, 3.8) is 0 Å². The zero-order chi connectivity index (χ0) is 16.5. The fourth-order valence-electron chi connectivity index (χ4n) is 4.49. The molecule has 1 aromatic carbocycles. The van der Waals surface area contributed by atoms with Gasteiger partial charge < -0.3 is 5.41 Å². The zero-order valence-corrected chi connectivity index (χ0v) is 14.2. The van der Waals surface area contributed by atoms with Crippen LogP contribution in [0.15, 0.2) is 35.3 Å². The highest BCUT2D eigenvalue weighted by Gasteiger charge is 2.41. The van der Waals surface area contributed by atoms with Gasteiger partial charge in [-0.25, -0.2) is 0 Å². The molecule has 0 radical (unpaired) electrons. The molecule has 4 rings (SSSR count). The normalized spacial score (nSPS) is 30.8. The van der Waals surface area contributed by atoms with Gasteiger partial charge in [0.25, 0.3) is 0 Å². The topological polar surface area (TPSA) is 63.3 Å². The summed E-state index contributed by atoms with van der Waals surface area (Å²) < 4.78 is 0. The summed E-state index contributed by atoms with van der Waals surface area (Å²) in [6.07, 6.45) is 8.77. The Hall–Kier alpha value is -1.97. The van der Waals surface area contributed by atoms with E-state index in [-0.39, 0.29) is 17.9 Å². The van der Waals surface area contributed by atoms with Gasteiger partial charge >= 0.3 is 0 Å². The molecule has 3 aliphatic rings. The smallest absolute Gasteiger partial charge is 0.118 e. The first-order chi connectivity index (χ1) is 11.8. The number of hydrogen-bond donors (Lipinski definition) is 2. The van der Waals surface area contributed by atoms with E-state index in [1.54, 1.807) is 0 Å². The van der Waals surface area contributed by atoms with Gasteiger partial charge in [-0.2, -0.15) is 0 Å². The van der Waals surface area contributed by atoms with E-state index in [9.17, 15) is 0 Å². The number of anilines is 1. The van der Waals surface area contributed by atoms with E-state index < -0.39 is 0 Å². The average Bonchev–Trinajstić information content (AvgIpc) is 2.63. The van der Waals surface area contributed by atoms with Gasteiger partial charge in [-0.05, 0) is 44.2 Å². The predicted octanol–water partition coefficient (Wildman–Crippen LogP) is 4.65. The zero-order valence-electron chi connectivity index (χ0n) is 14.2. The molecular formula is C20H26N4. The van der Waals surface area contributed by atoms with Crippen molar-refractivity contribution in [2.24, 2.45) is 16.8 Å². The SMILES string of the molecule is N=C1CCCCC1C1=NC2CCCCC2C(=N)N1c1ccccc1. The van der Waals surface area contributed by atoms with Crippen molar-refractivity contribution in [3.05, 3.63) is 30.3 Å². The Kier molecular flexibility index (Phi) is 4.21. The number of amidine groups is 2. The minimum atomic E-state index is 0.0992. The van der Waals surface area contributed by atoms with Gasteiger partial charge in [0.15, 0.2) is 0 Å². The molecule has 2 aliphatic carbocycles. The first kappa shape index (κ1) is 15.6. The summed E-state index contributed by atoms with van der Waals surface area (Å²) in [6.45, 7) is 0. The Morgan fingerprint density at radius 2 is 1.67 bits per heavy atom. The standard InChI is InChI=1S/C20H26N4/c21-17-12-6-4-10-15(17)20-23-18-13-7-5-11-16(18)19(22)24(20)14-8-2-1-3-9-14/h1-3,8-9,15-16,18,21-22H,4-7,10-13H2. The third-order valence-electron chi connectivity index (χ3n) is 5.78. The summed E-state index contributed by atoms with van der Waals surface area (Å²) in [5, 5.41) is 17.4. The second kappa shape index (κ2) is 6.50. The summed E-state index contributed by atoms with van der Waals surface area (Å²) in [6, 6.07) is 10.5. The summed E-state index contributed by atoms with van der Waals surface area (Å²) in [7, 11) is 0. The number of nitrogens with zero attached hydrogens (tertiary/aromatic N) is 2. The van der Waals surface area contributed by atoms with Crippen LogP contribution in [0, 0.1) is 22.7 Å². The first-order valence-corrected chi connectivity index (χ1v) is 9.34. The highest BCUT2D eigenvalue weighted by atomic mass is 15.3. The van der Waals surface area contributed by atoms with Gasteiger partial charge in [0.2, 0.25) is 0 Å². The molecule has 0 spiro atoms. The molecule has 3 atom stereocenters. The highest BCUT2D eigenvalue weighted by Crippen LogP contribution is 2.37. The van der Waals surface area contributed by atoms with E-state index >= 15 is 0 Å². The summed E-state index contributed by atoms with van der Waals surface area (Å²) in [5.74, 6) is 2.02. The van der Waals surface area contributed by atoms with E-state index in [0.29, 0.717) is 5.84 Å². The molecule has 2 saturated carbocycles. The fraction of sp³-hybridized carbons (Fsp3) is 0.550. The third-order valence-corrected chi connectivity index (χ3v) is 5.78. The second-order valence-electron chi connectivity index (χ2n) is 7.33. The fourth-order valence-corrected chi connectivity index (χ4v) is 4.49. The van der Waals surface area contributed by atoms with Crippen LogP contribution in [0.2, 0.25) is 0 Å².